The molecule has 0 radical (unpaired) electrons. The van der Waals surface area contributed by atoms with Gasteiger partial charge in [0.25, 0.3) is 0 Å². The molecule has 0 saturated carbocycles. The molecule has 4 heterocycles. The molecule has 8 rings (SSSR count). The van der Waals surface area contributed by atoms with Gasteiger partial charge in [0.2, 0.25) is 0 Å². The number of carbonyl (C=O) groups is 2. The van der Waals surface area contributed by atoms with Crippen molar-refractivity contribution in [3.05, 3.63) is 83.4 Å². The van der Waals surface area contributed by atoms with Crippen molar-refractivity contribution in [1.82, 2.24) is 44.2 Å². The molecule has 0 spiro atoms. The van der Waals surface area contributed by atoms with Crippen LogP contribution >= 0.6 is 0 Å². The van der Waals surface area contributed by atoms with Gasteiger partial charge in [0.15, 0.2) is 11.6 Å². The molecule has 13 heteroatoms. The average molecular weight is 782 g/mol. The van der Waals surface area contributed by atoms with E-state index in [0.29, 0.717) is 22.3 Å². The quantitative estimate of drug-likeness (QED) is 0.0821. The van der Waals surface area contributed by atoms with Crippen molar-refractivity contribution in [3.8, 4) is 22.5 Å². The second kappa shape index (κ2) is 17.2. The van der Waals surface area contributed by atoms with Crippen LogP contribution in [-0.2, 0) is 13.1 Å². The zero-order valence-corrected chi connectivity index (χ0v) is 34.5. The predicted molar refractivity (Wildman–Crippen MR) is 232 cm³/mol. The van der Waals surface area contributed by atoms with E-state index in [1.165, 1.54) is 0 Å². The number of hydrogen-bond acceptors (Lipinski definition) is 11. The standard InChI is InChI=1S/C45H55N11O2/c1-6-53(7-2)24-26-55-36-14-12-34(38-40(36)42(50-55)30-16-20-46-28-32(30)44(38)57)48-18-10-22-52(5)23-11-19-49-35-13-15-37-41-39(35)45(58)33-29-47-21-17-31(33)43(41)51-56(37)27-25-54(8-3)9-4/h12-17,20-21,28-29,48-49H,6-11,18-19,22-27H2,1-5H3. The van der Waals surface area contributed by atoms with E-state index in [2.05, 4.69) is 91.5 Å². The van der Waals surface area contributed by atoms with Crippen molar-refractivity contribution >= 4 is 44.7 Å². The number of nitrogens with one attached hydrogen (secondary N) is 2. The Morgan fingerprint density at radius 2 is 1.00 bits per heavy atom. The normalized spacial score (nSPS) is 13.0. The van der Waals surface area contributed by atoms with Gasteiger partial charge < -0.3 is 25.3 Å². The summed E-state index contributed by atoms with van der Waals surface area (Å²) in [7, 11) is 2.14. The zero-order valence-electron chi connectivity index (χ0n) is 34.5. The van der Waals surface area contributed by atoms with E-state index in [1.807, 2.05) is 24.3 Å². The van der Waals surface area contributed by atoms with Crippen molar-refractivity contribution < 1.29 is 9.59 Å². The van der Waals surface area contributed by atoms with Gasteiger partial charge in [-0.1, -0.05) is 27.7 Å². The Morgan fingerprint density at radius 1 is 0.569 bits per heavy atom. The molecule has 0 aliphatic heterocycles. The first-order valence-electron chi connectivity index (χ1n) is 21.0. The smallest absolute Gasteiger partial charge is 0.198 e. The minimum absolute atomic E-state index is 0.00664. The fourth-order valence-electron chi connectivity index (χ4n) is 8.67. The van der Waals surface area contributed by atoms with Gasteiger partial charge in [-0.05, 0) is 95.6 Å². The molecule has 58 heavy (non-hydrogen) atoms. The molecular weight excluding hydrogens is 727 g/mol. The molecule has 0 amide bonds. The molecule has 2 aliphatic carbocycles. The van der Waals surface area contributed by atoms with E-state index >= 15 is 0 Å². The second-order valence-corrected chi connectivity index (χ2v) is 15.3. The molecule has 6 aromatic rings. The van der Waals surface area contributed by atoms with Gasteiger partial charge in [-0.15, -0.1) is 0 Å². The van der Waals surface area contributed by atoms with Gasteiger partial charge in [-0.2, -0.15) is 10.2 Å². The Morgan fingerprint density at radius 3 is 1.41 bits per heavy atom. The van der Waals surface area contributed by atoms with Gasteiger partial charge in [0.1, 0.15) is 11.4 Å². The van der Waals surface area contributed by atoms with Crippen molar-refractivity contribution in [3.63, 3.8) is 0 Å². The molecule has 302 valence electrons. The van der Waals surface area contributed by atoms with Crippen molar-refractivity contribution in [2.75, 3.05) is 83.1 Å². The predicted octanol–water partition coefficient (Wildman–Crippen LogP) is 6.52. The number of aromatic nitrogens is 6. The Labute approximate surface area is 340 Å². The Bertz CT molecular complexity index is 2290. The van der Waals surface area contributed by atoms with Crippen LogP contribution in [0.1, 0.15) is 72.4 Å². The lowest BCUT2D eigenvalue weighted by Gasteiger charge is -2.20. The first-order chi connectivity index (χ1) is 28.4. The van der Waals surface area contributed by atoms with Crippen LogP contribution in [0.25, 0.3) is 44.3 Å². The molecule has 4 aromatic heterocycles. The second-order valence-electron chi connectivity index (χ2n) is 15.3. The third kappa shape index (κ3) is 7.27. The molecule has 0 fully saturated rings. The van der Waals surface area contributed by atoms with Crippen molar-refractivity contribution in [2.45, 2.75) is 53.6 Å². The minimum Gasteiger partial charge on any atom is -0.384 e. The van der Waals surface area contributed by atoms with Crippen LogP contribution in [0.4, 0.5) is 11.4 Å². The summed E-state index contributed by atoms with van der Waals surface area (Å²) in [5.41, 5.74) is 9.66. The fourth-order valence-corrected chi connectivity index (χ4v) is 8.67. The largest absolute Gasteiger partial charge is 0.384 e. The van der Waals surface area contributed by atoms with E-state index in [1.54, 1.807) is 24.8 Å². The number of fused-ring (bicyclic) bond motifs is 4. The summed E-state index contributed by atoms with van der Waals surface area (Å²) in [4.78, 5) is 43.6. The van der Waals surface area contributed by atoms with Crippen LogP contribution in [0, 0.1) is 0 Å². The van der Waals surface area contributed by atoms with Crippen LogP contribution in [0.15, 0.2) is 61.2 Å². The first-order valence-corrected chi connectivity index (χ1v) is 21.0. The van der Waals surface area contributed by atoms with Gasteiger partial charge in [0.05, 0.1) is 46.4 Å². The highest BCUT2D eigenvalue weighted by Crippen LogP contribution is 2.43. The molecule has 2 aromatic carbocycles. The van der Waals surface area contributed by atoms with Crippen LogP contribution in [-0.4, -0.2) is 128 Å². The number of rotatable bonds is 20. The summed E-state index contributed by atoms with van der Waals surface area (Å²) in [6.07, 6.45) is 8.64. The Hall–Kier alpha value is -5.50. The number of ketones is 2. The van der Waals surface area contributed by atoms with E-state index in [-0.39, 0.29) is 11.6 Å². The van der Waals surface area contributed by atoms with Crippen molar-refractivity contribution in [1.29, 1.82) is 0 Å². The molecule has 0 atom stereocenters. The number of likely N-dealkylation sites (N-methyl/N-ethyl adjacent to an activating group) is 2. The Kier molecular flexibility index (Phi) is 11.6. The lowest BCUT2D eigenvalue weighted by Crippen LogP contribution is -2.27. The van der Waals surface area contributed by atoms with Crippen LogP contribution < -0.4 is 10.6 Å². The van der Waals surface area contributed by atoms with Gasteiger partial charge >= 0.3 is 0 Å². The summed E-state index contributed by atoms with van der Waals surface area (Å²) in [6, 6.07) is 12.1. The highest BCUT2D eigenvalue weighted by Gasteiger charge is 2.33. The maximum absolute atomic E-state index is 14.0. The summed E-state index contributed by atoms with van der Waals surface area (Å²) >= 11 is 0. The third-order valence-corrected chi connectivity index (χ3v) is 12.0. The maximum Gasteiger partial charge on any atom is 0.198 e. The van der Waals surface area contributed by atoms with Crippen molar-refractivity contribution in [2.24, 2.45) is 0 Å². The number of pyridine rings is 2. The molecular formula is C45H55N11O2. The molecule has 2 aliphatic rings. The SMILES string of the molecule is CCN(CC)CCn1nc2c3c(c(NCCCN(C)CCCNc4ccc5c6c(nn5CCN(CC)CC)-c5ccncc5C(=O)c46)ccc31)C(=O)c1cnccc1-2. The van der Waals surface area contributed by atoms with E-state index in [4.69, 9.17) is 10.2 Å². The summed E-state index contributed by atoms with van der Waals surface area (Å²) < 4.78 is 4.12. The van der Waals surface area contributed by atoms with E-state index in [9.17, 15) is 9.59 Å². The minimum atomic E-state index is -0.00664. The molecule has 0 bridgehead atoms. The molecule has 0 saturated heterocycles. The van der Waals surface area contributed by atoms with Crippen LogP contribution in [0.5, 0.6) is 0 Å². The molecule has 2 N–H and O–H groups in total. The summed E-state index contributed by atoms with van der Waals surface area (Å²) in [6.45, 7) is 19.2. The van der Waals surface area contributed by atoms with E-state index < -0.39 is 0 Å². The van der Waals surface area contributed by atoms with Gasteiger partial charge in [-0.25, -0.2) is 0 Å². The van der Waals surface area contributed by atoms with Gasteiger partial charge in [-0.3, -0.25) is 28.9 Å². The number of benzene rings is 2. The van der Waals surface area contributed by atoms with Crippen LogP contribution in [0.3, 0.4) is 0 Å². The average Bonchev–Trinajstić information content (AvgIpc) is 3.82. The third-order valence-electron chi connectivity index (χ3n) is 12.0. The van der Waals surface area contributed by atoms with E-state index in [0.717, 1.165) is 147 Å². The number of nitrogens with zero attached hydrogens (tertiary/aromatic N) is 9. The molecule has 13 nitrogen and oxygen atoms in total. The lowest BCUT2D eigenvalue weighted by atomic mass is 9.87. The van der Waals surface area contributed by atoms with Crippen LogP contribution in [0.2, 0.25) is 0 Å². The summed E-state index contributed by atoms with van der Waals surface area (Å²) in [5.74, 6) is -0.0133. The molecule has 0 unspecified atom stereocenters. The number of carbonyl (C=O) groups excluding carboxylic acids is 2. The summed E-state index contributed by atoms with van der Waals surface area (Å²) in [5, 5.41) is 19.2. The fraction of sp³-hybridized carbons (Fsp3) is 0.422. The Balaban J connectivity index is 0.895. The highest BCUT2D eigenvalue weighted by molar-refractivity contribution is 6.28. The highest BCUT2D eigenvalue weighted by atomic mass is 16.1. The van der Waals surface area contributed by atoms with Gasteiger partial charge in [0, 0.05) is 84.2 Å². The number of anilines is 2. The first kappa shape index (κ1) is 39.3. The zero-order chi connectivity index (χ0) is 40.3. The lowest BCUT2D eigenvalue weighted by molar-refractivity contribution is 0.103. The maximum atomic E-state index is 14.0. The topological polar surface area (TPSA) is 129 Å². The number of hydrogen-bond donors (Lipinski definition) is 2. The monoisotopic (exact) mass is 781 g/mol.